The fraction of sp³-hybridized carbons (Fsp3) is 0.176. The van der Waals surface area contributed by atoms with E-state index in [4.69, 9.17) is 16.1 Å². The SMILES string of the molecule is Cc1cc(S(=O)(=O)N(C)Cc2nc(-c3ccc(Cl)cc3)no2)ccc1F. The van der Waals surface area contributed by atoms with Crippen molar-refractivity contribution in [3.05, 3.63) is 64.8 Å². The molecule has 9 heteroatoms. The fourth-order valence-corrected chi connectivity index (χ4v) is 3.60. The van der Waals surface area contributed by atoms with E-state index in [1.807, 2.05) is 0 Å². The first-order valence-corrected chi connectivity index (χ1v) is 9.40. The molecule has 2 aromatic carbocycles. The van der Waals surface area contributed by atoms with Gasteiger partial charge in [-0.2, -0.15) is 9.29 Å². The highest BCUT2D eigenvalue weighted by molar-refractivity contribution is 7.89. The highest BCUT2D eigenvalue weighted by atomic mass is 35.5. The van der Waals surface area contributed by atoms with Gasteiger partial charge in [0, 0.05) is 17.6 Å². The zero-order chi connectivity index (χ0) is 18.9. The molecule has 26 heavy (non-hydrogen) atoms. The predicted molar refractivity (Wildman–Crippen MR) is 94.5 cm³/mol. The summed E-state index contributed by atoms with van der Waals surface area (Å²) in [7, 11) is -2.43. The van der Waals surface area contributed by atoms with Crippen LogP contribution in [0.15, 0.2) is 51.9 Å². The van der Waals surface area contributed by atoms with Crippen molar-refractivity contribution in [2.24, 2.45) is 0 Å². The fourth-order valence-electron chi connectivity index (χ4n) is 2.27. The molecule has 136 valence electrons. The van der Waals surface area contributed by atoms with E-state index in [-0.39, 0.29) is 22.9 Å². The number of hydrogen-bond acceptors (Lipinski definition) is 5. The Morgan fingerprint density at radius 3 is 2.54 bits per heavy atom. The largest absolute Gasteiger partial charge is 0.338 e. The summed E-state index contributed by atoms with van der Waals surface area (Å²) in [6.07, 6.45) is 0. The van der Waals surface area contributed by atoms with Gasteiger partial charge < -0.3 is 4.52 Å². The Kier molecular flexibility index (Phi) is 5.08. The average molecular weight is 396 g/mol. The normalized spacial score (nSPS) is 11.9. The third kappa shape index (κ3) is 3.77. The quantitative estimate of drug-likeness (QED) is 0.659. The van der Waals surface area contributed by atoms with E-state index in [1.165, 1.54) is 26.1 Å². The molecule has 0 atom stereocenters. The Hall–Kier alpha value is -2.29. The Morgan fingerprint density at radius 2 is 1.88 bits per heavy atom. The number of aromatic nitrogens is 2. The molecular weight excluding hydrogens is 381 g/mol. The summed E-state index contributed by atoms with van der Waals surface area (Å²) in [6.45, 7) is 1.39. The van der Waals surface area contributed by atoms with Crippen molar-refractivity contribution in [3.8, 4) is 11.4 Å². The molecule has 0 aliphatic rings. The number of halogens is 2. The second kappa shape index (κ2) is 7.14. The monoisotopic (exact) mass is 395 g/mol. The summed E-state index contributed by atoms with van der Waals surface area (Å²) in [6, 6.07) is 10.5. The van der Waals surface area contributed by atoms with E-state index in [0.29, 0.717) is 16.4 Å². The van der Waals surface area contributed by atoms with E-state index in [9.17, 15) is 12.8 Å². The van der Waals surface area contributed by atoms with Gasteiger partial charge in [0.1, 0.15) is 5.82 Å². The van der Waals surface area contributed by atoms with Crippen LogP contribution in [0.3, 0.4) is 0 Å². The van der Waals surface area contributed by atoms with E-state index in [2.05, 4.69) is 10.1 Å². The maximum Gasteiger partial charge on any atom is 0.243 e. The van der Waals surface area contributed by atoms with Crippen LogP contribution in [0, 0.1) is 12.7 Å². The Balaban J connectivity index is 1.80. The molecule has 1 heterocycles. The van der Waals surface area contributed by atoms with Crippen LogP contribution >= 0.6 is 11.6 Å². The first-order chi connectivity index (χ1) is 12.3. The topological polar surface area (TPSA) is 76.3 Å². The van der Waals surface area contributed by atoms with Gasteiger partial charge in [-0.15, -0.1) is 0 Å². The molecule has 0 N–H and O–H groups in total. The number of benzene rings is 2. The molecule has 0 aliphatic carbocycles. The summed E-state index contributed by atoms with van der Waals surface area (Å²) in [4.78, 5) is 4.20. The molecule has 0 amide bonds. The summed E-state index contributed by atoms with van der Waals surface area (Å²) in [5, 5.41) is 4.43. The van der Waals surface area contributed by atoms with Crippen molar-refractivity contribution in [2.45, 2.75) is 18.4 Å². The smallest absolute Gasteiger partial charge is 0.243 e. The standard InChI is InChI=1S/C17H15ClFN3O3S/c1-11-9-14(7-8-15(11)19)26(23,24)22(2)10-16-20-17(21-25-16)12-3-5-13(18)6-4-12/h3-9H,10H2,1-2H3. The predicted octanol–water partition coefficient (Wildman–Crippen LogP) is 3.66. The van der Waals surface area contributed by atoms with Crippen molar-refractivity contribution >= 4 is 21.6 Å². The highest BCUT2D eigenvalue weighted by Gasteiger charge is 2.24. The molecule has 0 unspecified atom stereocenters. The van der Waals surface area contributed by atoms with Crippen molar-refractivity contribution in [1.29, 1.82) is 0 Å². The zero-order valence-corrected chi connectivity index (χ0v) is 15.6. The third-order valence-corrected chi connectivity index (χ3v) is 5.82. The highest BCUT2D eigenvalue weighted by Crippen LogP contribution is 2.21. The van der Waals surface area contributed by atoms with Crippen LogP contribution in [0.4, 0.5) is 4.39 Å². The van der Waals surface area contributed by atoms with E-state index < -0.39 is 15.8 Å². The van der Waals surface area contributed by atoms with Gasteiger partial charge in [0.15, 0.2) is 0 Å². The van der Waals surface area contributed by atoms with Crippen molar-refractivity contribution < 1.29 is 17.3 Å². The Bertz CT molecular complexity index is 1040. The van der Waals surface area contributed by atoms with Crippen molar-refractivity contribution in [1.82, 2.24) is 14.4 Å². The van der Waals surface area contributed by atoms with Crippen LogP contribution in [-0.4, -0.2) is 29.9 Å². The van der Waals surface area contributed by atoms with Gasteiger partial charge in [-0.1, -0.05) is 16.8 Å². The van der Waals surface area contributed by atoms with Crippen LogP contribution in [0.1, 0.15) is 11.5 Å². The van der Waals surface area contributed by atoms with Gasteiger partial charge in [0.25, 0.3) is 0 Å². The van der Waals surface area contributed by atoms with Crippen LogP contribution < -0.4 is 0 Å². The van der Waals surface area contributed by atoms with E-state index in [1.54, 1.807) is 24.3 Å². The van der Waals surface area contributed by atoms with Crippen LogP contribution in [-0.2, 0) is 16.6 Å². The molecule has 6 nitrogen and oxygen atoms in total. The molecule has 0 saturated heterocycles. The van der Waals surface area contributed by atoms with Crippen LogP contribution in [0.25, 0.3) is 11.4 Å². The minimum atomic E-state index is -3.82. The lowest BCUT2D eigenvalue weighted by atomic mass is 10.2. The second-order valence-corrected chi connectivity index (χ2v) is 8.17. The van der Waals surface area contributed by atoms with Gasteiger partial charge in [-0.3, -0.25) is 0 Å². The lowest BCUT2D eigenvalue weighted by Crippen LogP contribution is -2.26. The number of hydrogen-bond donors (Lipinski definition) is 0. The number of nitrogens with zero attached hydrogens (tertiary/aromatic N) is 3. The van der Waals surface area contributed by atoms with Gasteiger partial charge in [0.2, 0.25) is 21.7 Å². The van der Waals surface area contributed by atoms with Crippen LogP contribution in [0.5, 0.6) is 0 Å². The molecule has 0 fully saturated rings. The minimum absolute atomic E-state index is 0.00339. The van der Waals surface area contributed by atoms with E-state index >= 15 is 0 Å². The average Bonchev–Trinajstić information content (AvgIpc) is 3.06. The summed E-state index contributed by atoms with van der Waals surface area (Å²) < 4.78 is 44.8. The van der Waals surface area contributed by atoms with Crippen LogP contribution in [0.2, 0.25) is 5.02 Å². The third-order valence-electron chi connectivity index (χ3n) is 3.77. The van der Waals surface area contributed by atoms with Gasteiger partial charge in [-0.25, -0.2) is 12.8 Å². The lowest BCUT2D eigenvalue weighted by Gasteiger charge is -2.15. The van der Waals surface area contributed by atoms with Gasteiger partial charge in [0.05, 0.1) is 11.4 Å². The first-order valence-electron chi connectivity index (χ1n) is 7.58. The van der Waals surface area contributed by atoms with Gasteiger partial charge >= 0.3 is 0 Å². The molecule has 0 saturated carbocycles. The number of aryl methyl sites for hydroxylation is 1. The number of rotatable bonds is 5. The Morgan fingerprint density at radius 1 is 1.19 bits per heavy atom. The molecule has 3 rings (SSSR count). The summed E-state index contributed by atoms with van der Waals surface area (Å²) >= 11 is 5.84. The molecular formula is C17H15ClFN3O3S. The molecule has 3 aromatic rings. The van der Waals surface area contributed by atoms with Gasteiger partial charge in [-0.05, 0) is 55.0 Å². The minimum Gasteiger partial charge on any atom is -0.338 e. The molecule has 0 aliphatic heterocycles. The summed E-state index contributed by atoms with van der Waals surface area (Å²) in [5.74, 6) is 0.0102. The van der Waals surface area contributed by atoms with Crippen molar-refractivity contribution in [2.75, 3.05) is 7.05 Å². The van der Waals surface area contributed by atoms with E-state index in [0.717, 1.165) is 10.4 Å². The second-order valence-electron chi connectivity index (χ2n) is 5.69. The first kappa shape index (κ1) is 18.5. The summed E-state index contributed by atoms with van der Waals surface area (Å²) in [5.41, 5.74) is 0.950. The number of sulfonamides is 1. The Labute approximate surface area is 155 Å². The maximum absolute atomic E-state index is 13.4. The zero-order valence-electron chi connectivity index (χ0n) is 14.0. The van der Waals surface area contributed by atoms with Crippen molar-refractivity contribution in [3.63, 3.8) is 0 Å². The lowest BCUT2D eigenvalue weighted by molar-refractivity contribution is 0.336. The molecule has 0 radical (unpaired) electrons. The molecule has 1 aromatic heterocycles. The molecule has 0 spiro atoms. The molecule has 0 bridgehead atoms. The maximum atomic E-state index is 13.4.